The van der Waals surface area contributed by atoms with Gasteiger partial charge in [-0.25, -0.2) is 19.1 Å². The van der Waals surface area contributed by atoms with Crippen LogP contribution >= 0.6 is 7.82 Å². The Bertz CT molecular complexity index is 728. The van der Waals surface area contributed by atoms with Gasteiger partial charge in [0.05, 0.1) is 6.61 Å². The normalized spacial score (nSPS) is 30.2. The number of phosphoric acid groups is 1. The molecule has 130 valence electrons. The van der Waals surface area contributed by atoms with Crippen molar-refractivity contribution >= 4 is 37.3 Å². The average molecular weight is 362 g/mol. The van der Waals surface area contributed by atoms with Crippen LogP contribution in [0.5, 0.6) is 0 Å². The Morgan fingerprint density at radius 2 is 2.04 bits per heavy atom. The van der Waals surface area contributed by atoms with E-state index in [2.05, 4.69) is 14.5 Å². The Morgan fingerprint density at radius 1 is 1.33 bits per heavy atom. The Morgan fingerprint density at radius 3 is 2.67 bits per heavy atom. The Kier molecular flexibility index (Phi) is 4.07. The summed E-state index contributed by atoms with van der Waals surface area (Å²) in [6.07, 6.45) is -3.76. The summed E-state index contributed by atoms with van der Waals surface area (Å²) in [5.74, 6) is -1.23. The molecule has 3 atom stereocenters. The SMILES string of the molecule is O=C1N=C2C(=NC(=O)N2[C@H]2C[C@H](OP(=O)(O)O)[C@@H](CO)O2)C(=O)N1. The van der Waals surface area contributed by atoms with Crippen LogP contribution in [0.2, 0.25) is 0 Å². The number of aliphatic hydroxyl groups excluding tert-OH is 1. The molecule has 0 radical (unpaired) electrons. The number of nitrogens with one attached hydrogen (secondary N) is 1. The number of amidine groups is 1. The first-order valence-electron chi connectivity index (χ1n) is 6.56. The van der Waals surface area contributed by atoms with Gasteiger partial charge in [0.2, 0.25) is 0 Å². The molecule has 0 aromatic heterocycles. The number of urea groups is 2. The third kappa shape index (κ3) is 3.00. The zero-order valence-corrected chi connectivity index (χ0v) is 12.6. The van der Waals surface area contributed by atoms with E-state index in [1.54, 1.807) is 0 Å². The summed E-state index contributed by atoms with van der Waals surface area (Å²) in [6.45, 7) is -0.636. The molecular weight excluding hydrogens is 351 g/mol. The highest BCUT2D eigenvalue weighted by Crippen LogP contribution is 2.42. The molecule has 0 saturated carbocycles. The molecule has 5 amide bonds. The number of hydrogen-bond donors (Lipinski definition) is 4. The predicted molar refractivity (Wildman–Crippen MR) is 72.9 cm³/mol. The van der Waals surface area contributed by atoms with Gasteiger partial charge in [-0.3, -0.25) is 14.6 Å². The third-order valence-electron chi connectivity index (χ3n) is 3.42. The molecule has 0 aromatic carbocycles. The maximum Gasteiger partial charge on any atom is 0.469 e. The van der Waals surface area contributed by atoms with Crippen molar-refractivity contribution in [3.05, 3.63) is 0 Å². The van der Waals surface area contributed by atoms with Gasteiger partial charge < -0.3 is 19.6 Å². The smallest absolute Gasteiger partial charge is 0.394 e. The number of ether oxygens (including phenoxy) is 1. The van der Waals surface area contributed by atoms with Gasteiger partial charge in [-0.05, 0) is 0 Å². The number of aliphatic hydroxyl groups is 1. The van der Waals surface area contributed by atoms with Crippen molar-refractivity contribution in [2.24, 2.45) is 9.98 Å². The lowest BCUT2D eigenvalue weighted by molar-refractivity contribution is -0.113. The highest BCUT2D eigenvalue weighted by Gasteiger charge is 2.49. The van der Waals surface area contributed by atoms with Gasteiger partial charge in [0.25, 0.3) is 5.91 Å². The minimum Gasteiger partial charge on any atom is -0.394 e. The lowest BCUT2D eigenvalue weighted by Crippen LogP contribution is -2.50. The van der Waals surface area contributed by atoms with Crippen LogP contribution in [-0.4, -0.2) is 74.4 Å². The van der Waals surface area contributed by atoms with E-state index in [0.717, 1.165) is 4.90 Å². The third-order valence-corrected chi connectivity index (χ3v) is 3.96. The molecule has 4 N–H and O–H groups in total. The molecule has 24 heavy (non-hydrogen) atoms. The van der Waals surface area contributed by atoms with Crippen LogP contribution in [0.3, 0.4) is 0 Å². The minimum atomic E-state index is -4.86. The number of carbonyl (C=O) groups is 3. The van der Waals surface area contributed by atoms with Crippen molar-refractivity contribution in [2.45, 2.75) is 24.9 Å². The number of hydrogen-bond acceptors (Lipinski definition) is 7. The first-order valence-corrected chi connectivity index (χ1v) is 8.09. The lowest BCUT2D eigenvalue weighted by atomic mass is 10.2. The molecule has 3 aliphatic heterocycles. The van der Waals surface area contributed by atoms with Gasteiger partial charge in [-0.2, -0.15) is 9.98 Å². The van der Waals surface area contributed by atoms with Gasteiger partial charge in [0.15, 0.2) is 11.5 Å². The summed E-state index contributed by atoms with van der Waals surface area (Å²) in [7, 11) is -4.86. The van der Waals surface area contributed by atoms with E-state index in [0.29, 0.717) is 0 Å². The van der Waals surface area contributed by atoms with Gasteiger partial charge >= 0.3 is 19.9 Å². The fourth-order valence-electron chi connectivity index (χ4n) is 2.51. The largest absolute Gasteiger partial charge is 0.469 e. The second-order valence-corrected chi connectivity index (χ2v) is 6.18. The van der Waals surface area contributed by atoms with Crippen molar-refractivity contribution in [1.82, 2.24) is 10.2 Å². The van der Waals surface area contributed by atoms with E-state index >= 15 is 0 Å². The van der Waals surface area contributed by atoms with Crippen molar-refractivity contribution < 1.29 is 43.1 Å². The molecule has 0 aromatic rings. The lowest BCUT2D eigenvalue weighted by Gasteiger charge is -2.24. The number of carbonyl (C=O) groups excluding carboxylic acids is 3. The second kappa shape index (κ2) is 5.81. The summed E-state index contributed by atoms with van der Waals surface area (Å²) < 4.78 is 20.8. The molecule has 13 nitrogen and oxygen atoms in total. The van der Waals surface area contributed by atoms with E-state index < -0.39 is 50.8 Å². The summed E-state index contributed by atoms with van der Waals surface area (Å²) in [6, 6.07) is -1.93. The average Bonchev–Trinajstić information content (AvgIpc) is 2.97. The van der Waals surface area contributed by atoms with E-state index in [1.807, 2.05) is 5.32 Å². The van der Waals surface area contributed by atoms with E-state index in [1.165, 1.54) is 0 Å². The molecule has 14 heteroatoms. The number of aliphatic imine (C=N–C) groups is 2. The zero-order valence-electron chi connectivity index (χ0n) is 11.7. The molecule has 0 aliphatic carbocycles. The fourth-order valence-corrected chi connectivity index (χ4v) is 3.09. The van der Waals surface area contributed by atoms with E-state index in [9.17, 15) is 24.1 Å². The van der Waals surface area contributed by atoms with Gasteiger partial charge in [-0.15, -0.1) is 0 Å². The first-order chi connectivity index (χ1) is 11.2. The van der Waals surface area contributed by atoms with E-state index in [-0.39, 0.29) is 18.0 Å². The topological polar surface area (TPSA) is 187 Å². The Labute approximate surface area is 133 Å². The number of rotatable bonds is 4. The monoisotopic (exact) mass is 362 g/mol. The van der Waals surface area contributed by atoms with Crippen LogP contribution in [0.25, 0.3) is 0 Å². The quantitative estimate of drug-likeness (QED) is 0.414. The summed E-state index contributed by atoms with van der Waals surface area (Å²) in [5.41, 5.74) is -0.372. The molecule has 3 aliphatic rings. The second-order valence-electron chi connectivity index (χ2n) is 4.99. The molecular formula is C10H11N4O9P. The molecule has 0 bridgehead atoms. The number of nitrogens with zero attached hydrogens (tertiary/aromatic N) is 3. The van der Waals surface area contributed by atoms with Gasteiger partial charge in [-0.1, -0.05) is 0 Å². The van der Waals surface area contributed by atoms with Crippen LogP contribution in [0.15, 0.2) is 9.98 Å². The Balaban J connectivity index is 1.85. The van der Waals surface area contributed by atoms with Crippen LogP contribution in [-0.2, 0) is 18.6 Å². The van der Waals surface area contributed by atoms with Crippen LogP contribution in [0, 0.1) is 0 Å². The van der Waals surface area contributed by atoms with Crippen molar-refractivity contribution in [3.8, 4) is 0 Å². The molecule has 0 spiro atoms. The minimum absolute atomic E-state index is 0.236. The highest BCUT2D eigenvalue weighted by molar-refractivity contribution is 7.46. The molecule has 3 rings (SSSR count). The Hall–Kier alpha value is -2.02. The maximum absolute atomic E-state index is 12.0. The number of amides is 5. The van der Waals surface area contributed by atoms with Gasteiger partial charge in [0, 0.05) is 6.42 Å². The first kappa shape index (κ1) is 16.8. The molecule has 1 fully saturated rings. The van der Waals surface area contributed by atoms with Gasteiger partial charge in [0.1, 0.15) is 18.4 Å². The molecule has 3 heterocycles. The summed E-state index contributed by atoms with van der Waals surface area (Å²) in [5, 5.41) is 11.1. The predicted octanol–water partition coefficient (Wildman–Crippen LogP) is -1.90. The molecule has 0 unspecified atom stereocenters. The van der Waals surface area contributed by atoms with Crippen LogP contribution < -0.4 is 5.32 Å². The standard InChI is InChI=1S/C10H11N4O9P/c15-2-4-3(23-24(19,20)21)1-5(22-4)14-7-6(11-10(14)18)8(16)13-9(17)12-7/h3-5,15H,1-2H2,(H,13,16,17)(H2,19,20,21)/t3-,4+,5+/m0/s1. The van der Waals surface area contributed by atoms with Crippen molar-refractivity contribution in [2.75, 3.05) is 6.61 Å². The van der Waals surface area contributed by atoms with Crippen LogP contribution in [0.4, 0.5) is 9.59 Å². The number of phosphoric ester groups is 1. The maximum atomic E-state index is 12.0. The summed E-state index contributed by atoms with van der Waals surface area (Å²) in [4.78, 5) is 60.5. The van der Waals surface area contributed by atoms with Crippen LogP contribution in [0.1, 0.15) is 6.42 Å². The zero-order chi connectivity index (χ0) is 17.6. The number of imide groups is 1. The highest BCUT2D eigenvalue weighted by atomic mass is 31.2. The van der Waals surface area contributed by atoms with E-state index in [4.69, 9.17) is 14.5 Å². The van der Waals surface area contributed by atoms with Crippen molar-refractivity contribution in [1.29, 1.82) is 0 Å². The summed E-state index contributed by atoms with van der Waals surface area (Å²) >= 11 is 0. The number of fused-ring (bicyclic) bond motifs is 1. The molecule has 1 saturated heterocycles. The fraction of sp³-hybridized carbons (Fsp3) is 0.500. The van der Waals surface area contributed by atoms with Crippen molar-refractivity contribution in [3.63, 3.8) is 0 Å².